The molecule has 19 heteroatoms. The van der Waals surface area contributed by atoms with Gasteiger partial charge in [-0.3, -0.25) is 19.1 Å². The van der Waals surface area contributed by atoms with Crippen molar-refractivity contribution in [3.05, 3.63) is 35.1 Å². The van der Waals surface area contributed by atoms with Crippen molar-refractivity contribution in [3.8, 4) is 5.75 Å². The van der Waals surface area contributed by atoms with Gasteiger partial charge >= 0.3 is 10.4 Å². The molecule has 212 valence electrons. The molecule has 1 aliphatic rings. The zero-order valence-electron chi connectivity index (χ0n) is 20.8. The summed E-state index contributed by atoms with van der Waals surface area (Å²) in [5.41, 5.74) is 15.8. The van der Waals surface area contributed by atoms with E-state index in [4.69, 9.17) is 31.3 Å². The van der Waals surface area contributed by atoms with Crippen LogP contribution in [0.4, 0.5) is 5.13 Å². The number of aliphatic imine (C=N–C) groups is 1. The average Bonchev–Trinajstić information content (AvgIpc) is 3.31. The summed E-state index contributed by atoms with van der Waals surface area (Å²) in [7, 11) is -4.95. The lowest BCUT2D eigenvalue weighted by Crippen LogP contribution is -2.76. The number of amides is 2. The first-order valence-electron chi connectivity index (χ1n) is 11.2. The second-order valence-corrected chi connectivity index (χ2v) is 10.2. The summed E-state index contributed by atoms with van der Waals surface area (Å²) < 4.78 is 40.7. The number of nitrogen functional groups attached to an aromatic ring is 1. The van der Waals surface area contributed by atoms with Gasteiger partial charge in [0, 0.05) is 11.9 Å². The number of hydroxylamine groups is 2. The summed E-state index contributed by atoms with van der Waals surface area (Å²) in [6, 6.07) is 2.06. The van der Waals surface area contributed by atoms with Gasteiger partial charge in [0.25, 0.3) is 11.8 Å². The second kappa shape index (κ2) is 12.3. The van der Waals surface area contributed by atoms with Crippen LogP contribution >= 0.6 is 11.3 Å². The van der Waals surface area contributed by atoms with E-state index < -0.39 is 33.8 Å². The fraction of sp³-hybridized carbons (Fsp3) is 0.400. The van der Waals surface area contributed by atoms with Crippen LogP contribution in [-0.4, -0.2) is 89.2 Å². The van der Waals surface area contributed by atoms with Crippen LogP contribution in [0, 0.1) is 0 Å². The van der Waals surface area contributed by atoms with Crippen molar-refractivity contribution in [2.75, 3.05) is 32.0 Å². The third kappa shape index (κ3) is 7.57. The Hall–Kier alpha value is -3.91. The highest BCUT2D eigenvalue weighted by Crippen LogP contribution is 2.32. The first-order valence-corrected chi connectivity index (χ1v) is 13.4. The fourth-order valence-corrected chi connectivity index (χ4v) is 4.21. The maximum Gasteiger partial charge on any atom is 0.418 e. The molecule has 39 heavy (non-hydrogen) atoms. The van der Waals surface area contributed by atoms with E-state index in [1.54, 1.807) is 12.1 Å². The zero-order chi connectivity index (χ0) is 28.8. The molecule has 1 saturated heterocycles. The molecule has 0 radical (unpaired) electrons. The molecule has 0 bridgehead atoms. The van der Waals surface area contributed by atoms with Gasteiger partial charge in [0.15, 0.2) is 17.5 Å². The summed E-state index contributed by atoms with van der Waals surface area (Å²) in [4.78, 5) is 42.8. The Morgan fingerprint density at radius 3 is 2.62 bits per heavy atom. The molecule has 0 unspecified atom stereocenters. The summed E-state index contributed by atoms with van der Waals surface area (Å²) >= 11 is 1.05. The van der Waals surface area contributed by atoms with E-state index in [1.807, 2.05) is 0 Å². The molecule has 1 aliphatic heterocycles. The lowest BCUT2D eigenvalue weighted by Gasteiger charge is -2.50. The minimum Gasteiger partial charge on any atom is -0.488 e. The SMILES string of the molecule is CC1(C)[C@H](NC(=O)/C(=N\OCCOc2ccc(C(N)=NCCN)nc2)c2csc(N)n2)C(=O)N1OS(=O)(=O)O. The number of amidine groups is 1. The highest BCUT2D eigenvalue weighted by Gasteiger charge is 2.58. The van der Waals surface area contributed by atoms with Gasteiger partial charge in [-0.15, -0.1) is 15.6 Å². The molecule has 8 N–H and O–H groups in total. The number of carbonyl (C=O) groups is 2. The Balaban J connectivity index is 1.61. The Labute approximate surface area is 226 Å². The number of carbonyl (C=O) groups excluding carboxylic acids is 2. The van der Waals surface area contributed by atoms with Crippen molar-refractivity contribution in [1.29, 1.82) is 0 Å². The van der Waals surface area contributed by atoms with Crippen molar-refractivity contribution in [2.24, 2.45) is 21.6 Å². The van der Waals surface area contributed by atoms with Gasteiger partial charge in [-0.1, -0.05) is 5.16 Å². The first-order chi connectivity index (χ1) is 18.3. The predicted octanol–water partition coefficient (Wildman–Crippen LogP) is -1.58. The van der Waals surface area contributed by atoms with Crippen LogP contribution in [0.25, 0.3) is 0 Å². The average molecular weight is 586 g/mol. The van der Waals surface area contributed by atoms with Gasteiger partial charge in [0.1, 0.15) is 35.6 Å². The molecule has 3 heterocycles. The summed E-state index contributed by atoms with van der Waals surface area (Å²) in [5, 5.41) is 8.32. The van der Waals surface area contributed by atoms with Crippen molar-refractivity contribution < 1.29 is 36.4 Å². The number of hydrogen-bond donors (Lipinski definition) is 5. The predicted molar refractivity (Wildman–Crippen MR) is 139 cm³/mol. The smallest absolute Gasteiger partial charge is 0.418 e. The number of rotatable bonds is 13. The minimum atomic E-state index is -4.95. The van der Waals surface area contributed by atoms with Crippen LogP contribution in [0.5, 0.6) is 5.75 Å². The number of nitrogens with one attached hydrogen (secondary N) is 1. The van der Waals surface area contributed by atoms with E-state index in [0.717, 1.165) is 11.3 Å². The molecule has 0 aromatic carbocycles. The van der Waals surface area contributed by atoms with Crippen LogP contribution in [0.1, 0.15) is 25.2 Å². The monoisotopic (exact) mass is 585 g/mol. The number of nitrogens with two attached hydrogens (primary N) is 3. The molecule has 1 fully saturated rings. The molecule has 17 nitrogen and oxygen atoms in total. The Morgan fingerprint density at radius 1 is 1.31 bits per heavy atom. The minimum absolute atomic E-state index is 0.0332. The van der Waals surface area contributed by atoms with Crippen LogP contribution in [0.3, 0.4) is 0 Å². The topological polar surface area (TPSA) is 260 Å². The van der Waals surface area contributed by atoms with E-state index in [-0.39, 0.29) is 35.6 Å². The van der Waals surface area contributed by atoms with Gasteiger partial charge in [0.2, 0.25) is 0 Å². The number of nitrogens with zero attached hydrogens (tertiary/aromatic N) is 5. The highest BCUT2D eigenvalue weighted by molar-refractivity contribution is 7.80. The standard InChI is InChI=1S/C20H27N9O8S2/c1-20(2)15(18(31)29(20)37-39(32,33)34)27-17(30)14(13-10-38-19(23)26-13)28-36-8-7-35-11-3-4-12(25-9-11)16(22)24-6-5-21/h3-4,9-10,15H,5-8,21H2,1-2H3,(H2,22,24)(H2,23,26)(H,27,30)(H,32,33,34)/b28-14-/t15-/m1/s1. The zero-order valence-corrected chi connectivity index (χ0v) is 22.4. The normalized spacial score (nSPS) is 17.5. The number of oxime groups is 1. The van der Waals surface area contributed by atoms with Crippen LogP contribution < -0.4 is 27.3 Å². The fourth-order valence-electron chi connectivity index (χ4n) is 3.21. The largest absolute Gasteiger partial charge is 0.488 e. The van der Waals surface area contributed by atoms with Gasteiger partial charge < -0.3 is 32.1 Å². The molecule has 0 spiro atoms. The maximum absolute atomic E-state index is 13.0. The van der Waals surface area contributed by atoms with E-state index >= 15 is 0 Å². The van der Waals surface area contributed by atoms with E-state index in [9.17, 15) is 18.0 Å². The van der Waals surface area contributed by atoms with Gasteiger partial charge in [0.05, 0.1) is 18.3 Å². The number of pyridine rings is 1. The molecule has 0 saturated carbocycles. The molecule has 2 aromatic heterocycles. The van der Waals surface area contributed by atoms with E-state index in [1.165, 1.54) is 25.4 Å². The van der Waals surface area contributed by atoms with E-state index in [2.05, 4.69) is 29.7 Å². The molecular weight excluding hydrogens is 558 g/mol. The number of ether oxygens (including phenoxy) is 1. The molecule has 0 aliphatic carbocycles. The van der Waals surface area contributed by atoms with Gasteiger partial charge in [-0.2, -0.15) is 13.5 Å². The lowest BCUT2D eigenvalue weighted by molar-refractivity contribution is -0.218. The van der Waals surface area contributed by atoms with Crippen LogP contribution in [-0.2, 0) is 29.1 Å². The number of aromatic nitrogens is 2. The molecular formula is C20H27N9O8S2. The number of thiazole rings is 1. The number of hydrogen-bond acceptors (Lipinski definition) is 14. The maximum atomic E-state index is 13.0. The second-order valence-electron chi connectivity index (χ2n) is 8.32. The van der Waals surface area contributed by atoms with Gasteiger partial charge in [-0.25, -0.2) is 9.97 Å². The van der Waals surface area contributed by atoms with Crippen LogP contribution in [0.15, 0.2) is 33.9 Å². The number of anilines is 1. The summed E-state index contributed by atoms with van der Waals surface area (Å²) in [6.07, 6.45) is 1.45. The lowest BCUT2D eigenvalue weighted by atomic mass is 9.84. The summed E-state index contributed by atoms with van der Waals surface area (Å²) in [6.45, 7) is 3.53. The molecule has 3 rings (SSSR count). The van der Waals surface area contributed by atoms with Crippen molar-refractivity contribution in [1.82, 2.24) is 20.3 Å². The van der Waals surface area contributed by atoms with Crippen molar-refractivity contribution >= 4 is 50.2 Å². The Bertz CT molecular complexity index is 1360. The quantitative estimate of drug-likeness (QED) is 0.0444. The Morgan fingerprint density at radius 2 is 2.05 bits per heavy atom. The van der Waals surface area contributed by atoms with Crippen molar-refractivity contribution in [2.45, 2.75) is 25.4 Å². The van der Waals surface area contributed by atoms with Gasteiger partial charge in [-0.05, 0) is 26.0 Å². The third-order valence-electron chi connectivity index (χ3n) is 5.11. The van der Waals surface area contributed by atoms with Crippen molar-refractivity contribution in [3.63, 3.8) is 0 Å². The van der Waals surface area contributed by atoms with E-state index in [0.29, 0.717) is 29.6 Å². The first kappa shape index (κ1) is 29.6. The molecule has 2 amide bonds. The third-order valence-corrected chi connectivity index (χ3v) is 6.12. The summed E-state index contributed by atoms with van der Waals surface area (Å²) in [5.74, 6) is -1.09. The number of β-lactam (4-membered cyclic amide) rings is 1. The Kier molecular flexibility index (Phi) is 9.35. The van der Waals surface area contributed by atoms with Crippen LogP contribution in [0.2, 0.25) is 0 Å². The highest BCUT2D eigenvalue weighted by atomic mass is 32.3. The molecule has 2 aromatic rings. The molecule has 1 atom stereocenters.